The van der Waals surface area contributed by atoms with Gasteiger partial charge in [-0.2, -0.15) is 0 Å². The molecule has 0 aliphatic rings. The molecule has 19 heavy (non-hydrogen) atoms. The summed E-state index contributed by atoms with van der Waals surface area (Å²) in [6.45, 7) is 4.35. The molecule has 0 saturated heterocycles. The largest absolute Gasteiger partial charge is 0.496 e. The van der Waals surface area contributed by atoms with Crippen LogP contribution in [0.1, 0.15) is 26.0 Å². The van der Waals surface area contributed by atoms with E-state index in [4.69, 9.17) is 15.0 Å². The predicted octanol–water partition coefficient (Wildman–Crippen LogP) is 3.52. The number of methoxy groups -OCH3 is 1. The van der Waals surface area contributed by atoms with Crippen LogP contribution in [0.25, 0.3) is 11.1 Å². The number of hydrogen-bond donors (Lipinski definition) is 1. The Bertz CT molecular complexity index is 549. The van der Waals surface area contributed by atoms with Crippen molar-refractivity contribution in [2.45, 2.75) is 26.7 Å². The van der Waals surface area contributed by atoms with Crippen molar-refractivity contribution in [1.82, 2.24) is 5.16 Å². The summed E-state index contributed by atoms with van der Waals surface area (Å²) in [5.74, 6) is 1.67. The van der Waals surface area contributed by atoms with Gasteiger partial charge in [0.2, 0.25) is 5.88 Å². The SMILES string of the molecule is CCC(C)Cc1noc(N)c1-c1ccccc1OC. The van der Waals surface area contributed by atoms with Crippen molar-refractivity contribution in [2.24, 2.45) is 5.92 Å². The second-order valence-corrected chi connectivity index (χ2v) is 4.79. The van der Waals surface area contributed by atoms with E-state index in [1.165, 1.54) is 0 Å². The molecule has 1 heterocycles. The molecule has 0 aliphatic heterocycles. The van der Waals surface area contributed by atoms with Gasteiger partial charge in [0, 0.05) is 5.56 Å². The van der Waals surface area contributed by atoms with Gasteiger partial charge in [0.05, 0.1) is 18.4 Å². The van der Waals surface area contributed by atoms with Crippen LogP contribution in [0.2, 0.25) is 0 Å². The van der Waals surface area contributed by atoms with Gasteiger partial charge in [-0.25, -0.2) is 0 Å². The Hall–Kier alpha value is -1.97. The fourth-order valence-electron chi connectivity index (χ4n) is 2.09. The highest BCUT2D eigenvalue weighted by atomic mass is 16.5. The predicted molar refractivity (Wildman–Crippen MR) is 76.1 cm³/mol. The molecule has 0 saturated carbocycles. The summed E-state index contributed by atoms with van der Waals surface area (Å²) in [4.78, 5) is 0. The van der Waals surface area contributed by atoms with Gasteiger partial charge in [-0.1, -0.05) is 43.6 Å². The van der Waals surface area contributed by atoms with Gasteiger partial charge in [0.25, 0.3) is 0 Å². The highest BCUT2D eigenvalue weighted by Crippen LogP contribution is 2.37. The van der Waals surface area contributed by atoms with Crippen molar-refractivity contribution in [3.8, 4) is 16.9 Å². The van der Waals surface area contributed by atoms with Crippen molar-refractivity contribution in [3.05, 3.63) is 30.0 Å². The monoisotopic (exact) mass is 260 g/mol. The maximum atomic E-state index is 5.93. The van der Waals surface area contributed by atoms with E-state index in [2.05, 4.69) is 19.0 Å². The minimum atomic E-state index is 0.350. The van der Waals surface area contributed by atoms with Crippen LogP contribution in [0, 0.1) is 5.92 Å². The molecular formula is C15H20N2O2. The third-order valence-electron chi connectivity index (χ3n) is 3.40. The first-order valence-corrected chi connectivity index (χ1v) is 6.54. The van der Waals surface area contributed by atoms with E-state index in [9.17, 15) is 0 Å². The lowest BCUT2D eigenvalue weighted by molar-refractivity contribution is 0.416. The zero-order valence-corrected chi connectivity index (χ0v) is 11.6. The molecule has 0 bridgehead atoms. The Morgan fingerprint density at radius 2 is 2.11 bits per heavy atom. The lowest BCUT2D eigenvalue weighted by atomic mass is 9.96. The molecule has 0 amide bonds. The van der Waals surface area contributed by atoms with Gasteiger partial charge in [0.1, 0.15) is 5.75 Å². The van der Waals surface area contributed by atoms with Crippen LogP contribution in [-0.4, -0.2) is 12.3 Å². The lowest BCUT2D eigenvalue weighted by Gasteiger charge is -2.10. The first-order chi connectivity index (χ1) is 9.17. The second kappa shape index (κ2) is 5.78. The Balaban J connectivity index is 2.46. The highest BCUT2D eigenvalue weighted by Gasteiger charge is 2.19. The molecule has 0 radical (unpaired) electrons. The maximum Gasteiger partial charge on any atom is 0.230 e. The fraction of sp³-hybridized carbons (Fsp3) is 0.400. The summed E-state index contributed by atoms with van der Waals surface area (Å²) in [5, 5.41) is 4.10. The van der Waals surface area contributed by atoms with E-state index in [0.29, 0.717) is 11.8 Å². The van der Waals surface area contributed by atoms with Crippen LogP contribution >= 0.6 is 0 Å². The zero-order valence-electron chi connectivity index (χ0n) is 11.6. The summed E-state index contributed by atoms with van der Waals surface area (Å²) in [7, 11) is 1.65. The molecule has 102 valence electrons. The smallest absolute Gasteiger partial charge is 0.230 e. The first kappa shape index (κ1) is 13.5. The molecule has 1 atom stereocenters. The van der Waals surface area contributed by atoms with Crippen molar-refractivity contribution in [2.75, 3.05) is 12.8 Å². The normalized spacial score (nSPS) is 12.4. The van der Waals surface area contributed by atoms with Gasteiger partial charge in [-0.3, -0.25) is 0 Å². The molecule has 4 nitrogen and oxygen atoms in total. The van der Waals surface area contributed by atoms with Gasteiger partial charge in [-0.05, 0) is 18.4 Å². The Kier molecular flexibility index (Phi) is 4.10. The summed E-state index contributed by atoms with van der Waals surface area (Å²) in [6.07, 6.45) is 1.95. The number of aromatic nitrogens is 1. The summed E-state index contributed by atoms with van der Waals surface area (Å²) in [6, 6.07) is 7.77. The van der Waals surface area contributed by atoms with E-state index in [0.717, 1.165) is 35.4 Å². The van der Waals surface area contributed by atoms with Crippen molar-refractivity contribution in [1.29, 1.82) is 0 Å². The topological polar surface area (TPSA) is 61.3 Å². The fourth-order valence-corrected chi connectivity index (χ4v) is 2.09. The van der Waals surface area contributed by atoms with Crippen LogP contribution in [0.15, 0.2) is 28.8 Å². The maximum absolute atomic E-state index is 5.93. The van der Waals surface area contributed by atoms with Gasteiger partial charge in [0.15, 0.2) is 0 Å². The Morgan fingerprint density at radius 3 is 2.79 bits per heavy atom. The van der Waals surface area contributed by atoms with E-state index < -0.39 is 0 Å². The molecule has 0 spiro atoms. The molecule has 2 rings (SSSR count). The molecule has 0 fully saturated rings. The van der Waals surface area contributed by atoms with Gasteiger partial charge in [-0.15, -0.1) is 0 Å². The Labute approximate surface area is 113 Å². The molecule has 2 N–H and O–H groups in total. The quantitative estimate of drug-likeness (QED) is 0.893. The van der Waals surface area contributed by atoms with E-state index >= 15 is 0 Å². The number of nitrogens with two attached hydrogens (primary N) is 1. The standard InChI is InChI=1S/C15H20N2O2/c1-4-10(2)9-12-14(15(16)19-17-12)11-7-5-6-8-13(11)18-3/h5-8,10H,4,9,16H2,1-3H3. The third kappa shape index (κ3) is 2.72. The molecule has 4 heteroatoms. The van der Waals surface area contributed by atoms with Crippen molar-refractivity contribution >= 4 is 5.88 Å². The van der Waals surface area contributed by atoms with Crippen LogP contribution < -0.4 is 10.5 Å². The number of ether oxygens (including phenoxy) is 1. The number of para-hydroxylation sites is 1. The molecule has 0 aliphatic carbocycles. The summed E-state index contributed by atoms with van der Waals surface area (Å²) < 4.78 is 10.6. The molecule has 1 aromatic heterocycles. The number of hydrogen-bond acceptors (Lipinski definition) is 4. The number of nitrogen functional groups attached to an aromatic ring is 1. The van der Waals surface area contributed by atoms with Crippen LogP contribution in [0.5, 0.6) is 5.75 Å². The zero-order chi connectivity index (χ0) is 13.8. The van der Waals surface area contributed by atoms with E-state index in [1.54, 1.807) is 7.11 Å². The lowest BCUT2D eigenvalue weighted by Crippen LogP contribution is -2.00. The number of benzene rings is 1. The second-order valence-electron chi connectivity index (χ2n) is 4.79. The minimum absolute atomic E-state index is 0.350. The minimum Gasteiger partial charge on any atom is -0.496 e. The van der Waals surface area contributed by atoms with Gasteiger partial charge >= 0.3 is 0 Å². The average molecular weight is 260 g/mol. The highest BCUT2D eigenvalue weighted by molar-refractivity contribution is 5.79. The number of nitrogens with zero attached hydrogens (tertiary/aromatic N) is 1. The third-order valence-corrected chi connectivity index (χ3v) is 3.40. The molecule has 2 aromatic rings. The average Bonchev–Trinajstić information content (AvgIpc) is 2.79. The van der Waals surface area contributed by atoms with Crippen LogP contribution in [0.4, 0.5) is 5.88 Å². The van der Waals surface area contributed by atoms with Crippen molar-refractivity contribution in [3.63, 3.8) is 0 Å². The number of rotatable bonds is 5. The molecular weight excluding hydrogens is 240 g/mol. The number of anilines is 1. The summed E-state index contributed by atoms with van der Waals surface area (Å²) >= 11 is 0. The summed E-state index contributed by atoms with van der Waals surface area (Å²) in [5.41, 5.74) is 8.62. The van der Waals surface area contributed by atoms with Crippen LogP contribution in [-0.2, 0) is 6.42 Å². The van der Waals surface area contributed by atoms with Crippen molar-refractivity contribution < 1.29 is 9.26 Å². The van der Waals surface area contributed by atoms with Gasteiger partial charge < -0.3 is 15.0 Å². The Morgan fingerprint density at radius 1 is 1.37 bits per heavy atom. The molecule has 1 aromatic carbocycles. The first-order valence-electron chi connectivity index (χ1n) is 6.54. The molecule has 1 unspecified atom stereocenters. The van der Waals surface area contributed by atoms with E-state index in [1.807, 2.05) is 24.3 Å². The van der Waals surface area contributed by atoms with Crippen LogP contribution in [0.3, 0.4) is 0 Å². The van der Waals surface area contributed by atoms with E-state index in [-0.39, 0.29) is 0 Å².